The third-order valence-corrected chi connectivity index (χ3v) is 14.8. The van der Waals surface area contributed by atoms with Crippen LogP contribution in [0.15, 0.2) is 133 Å². The van der Waals surface area contributed by atoms with E-state index in [4.69, 9.17) is 42.1 Å². The first-order chi connectivity index (χ1) is 41.5. The van der Waals surface area contributed by atoms with Gasteiger partial charge in [0.2, 0.25) is 29.5 Å². The average Bonchev–Trinajstić information content (AvgIpc) is 2.95. The summed E-state index contributed by atoms with van der Waals surface area (Å²) in [6, 6.07) is 32.3. The van der Waals surface area contributed by atoms with Gasteiger partial charge in [-0.05, 0) is 111 Å². The van der Waals surface area contributed by atoms with Gasteiger partial charge in [-0.3, -0.25) is 24.0 Å². The van der Waals surface area contributed by atoms with Crippen LogP contribution in [0.3, 0.4) is 0 Å². The monoisotopic (exact) mass is 1230 g/mol. The summed E-state index contributed by atoms with van der Waals surface area (Å²) in [5, 5.41) is 17.6. The number of nitrogens with one attached hydrogen (secondary N) is 6. The highest BCUT2D eigenvalue weighted by molar-refractivity contribution is 6.36. The molecule has 21 heteroatoms. The molecule has 0 spiro atoms. The van der Waals surface area contributed by atoms with Gasteiger partial charge in [-0.1, -0.05) is 160 Å². The van der Waals surface area contributed by atoms with Crippen molar-refractivity contribution in [3.63, 3.8) is 0 Å². The topological polar surface area (TPSA) is 249 Å². The zero-order valence-electron chi connectivity index (χ0n) is 50.4. The largest absolute Gasteiger partial charge is 0.489 e. The Morgan fingerprint density at radius 3 is 1.70 bits per heavy atom. The van der Waals surface area contributed by atoms with Crippen molar-refractivity contribution in [2.75, 3.05) is 13.1 Å². The second kappa shape index (κ2) is 33.7. The molecule has 466 valence electrons. The van der Waals surface area contributed by atoms with Gasteiger partial charge < -0.3 is 55.7 Å². The number of alkyl carbamates (subject to hydrolysis) is 2. The molecule has 0 aliphatic carbocycles. The number of nitrogens with zero attached hydrogens (tertiary/aromatic N) is 1. The number of likely N-dealkylation sites (tertiary alicyclic amines) is 1. The predicted molar refractivity (Wildman–Crippen MR) is 331 cm³/mol. The standard InChI is InChI=1S/C66H81Cl2N7O12/c1-42(2)36-53(71-58(76)52(28-18-34-69-64(82)86-40-47-24-15-10-16-25-47)70-61(79)57(43(3)4)74-65(83)87-66(5,6)7)59(77)72-54(37-44-20-11-8-12-21-44)62(80)75-35-19-29-56(75)60(78)73-55(63(81)85-39-46-22-13-9-14-23-46)38-45-30-32-48(33-31-45)84-41-49-50(67)26-17-27-51(49)68/h8-17,20-27,30-33,42-43,52-57H,18-19,28-29,34-41H2,1-7H3,(H,69,82)(H,70,79)(H,71,76)(H,72,77)(H,73,78)(H,74,83)/t52-,53-,54+,55+,56-,57-/m0/s1. The van der Waals surface area contributed by atoms with Gasteiger partial charge in [0.05, 0.1) is 0 Å². The normalized spacial score (nSPS) is 14.7. The molecule has 5 aromatic rings. The van der Waals surface area contributed by atoms with Crippen LogP contribution in [-0.4, -0.2) is 108 Å². The third kappa shape index (κ3) is 22.6. The maximum absolute atomic E-state index is 15.1. The van der Waals surface area contributed by atoms with Crippen molar-refractivity contribution in [3.8, 4) is 5.75 Å². The van der Waals surface area contributed by atoms with Gasteiger partial charge in [-0.25, -0.2) is 14.4 Å². The van der Waals surface area contributed by atoms with Crippen molar-refractivity contribution < 1.29 is 57.3 Å². The Balaban J connectivity index is 1.19. The molecule has 1 fully saturated rings. The zero-order valence-corrected chi connectivity index (χ0v) is 51.9. The van der Waals surface area contributed by atoms with Crippen molar-refractivity contribution in [2.45, 2.75) is 155 Å². The highest BCUT2D eigenvalue weighted by atomic mass is 35.5. The van der Waals surface area contributed by atoms with Crippen LogP contribution in [0.2, 0.25) is 10.0 Å². The van der Waals surface area contributed by atoms with Crippen LogP contribution in [0.5, 0.6) is 5.75 Å². The predicted octanol–water partition coefficient (Wildman–Crippen LogP) is 9.33. The lowest BCUT2D eigenvalue weighted by molar-refractivity contribution is -0.150. The Kier molecular flexibility index (Phi) is 26.3. The quantitative estimate of drug-likeness (QED) is 0.0149. The number of ether oxygens (including phenoxy) is 4. The van der Waals surface area contributed by atoms with Gasteiger partial charge in [0.15, 0.2) is 0 Å². The molecule has 1 saturated heterocycles. The molecule has 1 aliphatic rings. The fourth-order valence-corrected chi connectivity index (χ4v) is 10.2. The molecule has 0 bridgehead atoms. The Morgan fingerprint density at radius 2 is 1.11 bits per heavy atom. The first kappa shape index (κ1) is 68.0. The molecule has 1 heterocycles. The van der Waals surface area contributed by atoms with Crippen LogP contribution in [-0.2, 0) is 75.6 Å². The van der Waals surface area contributed by atoms with Crippen molar-refractivity contribution in [2.24, 2.45) is 11.8 Å². The SMILES string of the molecule is CC(C)C[C@H](NC(=O)[C@H](CCCNC(=O)OCc1ccccc1)NC(=O)[C@@H](NC(=O)OC(C)(C)C)C(C)C)C(=O)N[C@H](Cc1ccccc1)C(=O)N1CCC[C@H]1C(=O)N[C@H](Cc1ccc(OCc2c(Cl)cccc2Cl)cc1)C(=O)OCc1ccccc1. The number of halogens is 2. The molecule has 6 rings (SSSR count). The van der Waals surface area contributed by atoms with E-state index in [9.17, 15) is 33.6 Å². The maximum atomic E-state index is 15.1. The smallest absolute Gasteiger partial charge is 0.408 e. The van der Waals surface area contributed by atoms with E-state index in [-0.39, 0.29) is 77.4 Å². The highest BCUT2D eigenvalue weighted by Gasteiger charge is 2.40. The number of carbonyl (C=O) groups is 8. The van der Waals surface area contributed by atoms with E-state index in [1.807, 2.05) is 80.6 Å². The summed E-state index contributed by atoms with van der Waals surface area (Å²) in [7, 11) is 0. The van der Waals surface area contributed by atoms with Gasteiger partial charge >= 0.3 is 18.2 Å². The molecule has 6 atom stereocenters. The second-order valence-corrected chi connectivity index (χ2v) is 24.0. The summed E-state index contributed by atoms with van der Waals surface area (Å²) < 4.78 is 22.5. The fourth-order valence-electron chi connectivity index (χ4n) is 9.64. The van der Waals surface area contributed by atoms with Crippen LogP contribution < -0.4 is 36.6 Å². The van der Waals surface area contributed by atoms with Crippen LogP contribution in [0, 0.1) is 11.8 Å². The number of benzene rings is 5. The molecule has 5 aromatic carbocycles. The minimum atomic E-state index is -1.28. The van der Waals surface area contributed by atoms with E-state index in [0.29, 0.717) is 38.9 Å². The van der Waals surface area contributed by atoms with Gasteiger partial charge in [0.25, 0.3) is 0 Å². The summed E-state index contributed by atoms with van der Waals surface area (Å²) in [5.74, 6) is -4.10. The lowest BCUT2D eigenvalue weighted by Gasteiger charge is -2.31. The Morgan fingerprint density at radius 1 is 0.575 bits per heavy atom. The molecule has 0 saturated carbocycles. The Bertz CT molecular complexity index is 3060. The number of hydrogen-bond acceptors (Lipinski definition) is 12. The molecule has 0 unspecified atom stereocenters. The summed E-state index contributed by atoms with van der Waals surface area (Å²) in [5.41, 5.74) is 2.66. The van der Waals surface area contributed by atoms with Crippen molar-refractivity contribution in [1.82, 2.24) is 36.8 Å². The number of amides is 7. The van der Waals surface area contributed by atoms with E-state index < -0.39 is 95.5 Å². The Labute approximate surface area is 519 Å². The average molecular weight is 1240 g/mol. The van der Waals surface area contributed by atoms with Gasteiger partial charge in [-0.15, -0.1) is 0 Å². The summed E-state index contributed by atoms with van der Waals surface area (Å²) >= 11 is 12.7. The van der Waals surface area contributed by atoms with Gasteiger partial charge in [0.1, 0.15) is 67.4 Å². The second-order valence-electron chi connectivity index (χ2n) is 23.2. The molecule has 0 radical (unpaired) electrons. The van der Waals surface area contributed by atoms with Gasteiger partial charge in [0, 0.05) is 41.5 Å². The van der Waals surface area contributed by atoms with E-state index in [0.717, 1.165) is 11.1 Å². The number of hydrogen-bond donors (Lipinski definition) is 6. The molecule has 1 aliphatic heterocycles. The van der Waals surface area contributed by atoms with E-state index in [1.165, 1.54) is 4.90 Å². The molecular weight excluding hydrogens is 1150 g/mol. The molecule has 19 nitrogen and oxygen atoms in total. The third-order valence-electron chi connectivity index (χ3n) is 14.1. The summed E-state index contributed by atoms with van der Waals surface area (Å²) in [6.45, 7) is 12.5. The van der Waals surface area contributed by atoms with Crippen molar-refractivity contribution in [3.05, 3.63) is 171 Å². The van der Waals surface area contributed by atoms with Crippen LogP contribution >= 0.6 is 23.2 Å². The van der Waals surface area contributed by atoms with E-state index in [2.05, 4.69) is 31.9 Å². The number of carbonyl (C=O) groups excluding carboxylic acids is 8. The first-order valence-electron chi connectivity index (χ1n) is 29.4. The lowest BCUT2D eigenvalue weighted by atomic mass is 9.99. The minimum Gasteiger partial charge on any atom is -0.489 e. The molecule has 6 N–H and O–H groups in total. The van der Waals surface area contributed by atoms with Crippen molar-refractivity contribution >= 4 is 70.9 Å². The maximum Gasteiger partial charge on any atom is 0.408 e. The zero-order chi connectivity index (χ0) is 63.0. The lowest BCUT2D eigenvalue weighted by Crippen LogP contribution is -2.60. The molecule has 87 heavy (non-hydrogen) atoms. The van der Waals surface area contributed by atoms with Crippen molar-refractivity contribution in [1.29, 1.82) is 0 Å². The molecule has 7 amide bonds. The summed E-state index contributed by atoms with van der Waals surface area (Å²) in [6.07, 6.45) is -0.536. The van der Waals surface area contributed by atoms with Crippen LogP contribution in [0.25, 0.3) is 0 Å². The van der Waals surface area contributed by atoms with E-state index in [1.54, 1.807) is 101 Å². The molecular formula is C66H81Cl2N7O12. The first-order valence-corrected chi connectivity index (χ1v) is 30.1. The molecule has 0 aromatic heterocycles. The highest BCUT2D eigenvalue weighted by Crippen LogP contribution is 2.27. The Hall–Kier alpha value is -8.16. The van der Waals surface area contributed by atoms with Gasteiger partial charge in [-0.2, -0.15) is 0 Å². The number of rotatable bonds is 29. The fraction of sp³-hybridized carbons (Fsp3) is 0.424. The minimum absolute atomic E-state index is 0.0128. The van der Waals surface area contributed by atoms with Crippen LogP contribution in [0.1, 0.15) is 108 Å². The number of esters is 1. The summed E-state index contributed by atoms with van der Waals surface area (Å²) in [4.78, 5) is 114. The van der Waals surface area contributed by atoms with Crippen LogP contribution in [0.4, 0.5) is 9.59 Å². The van der Waals surface area contributed by atoms with E-state index >= 15 is 4.79 Å².